The first-order valence-electron chi connectivity index (χ1n) is 6.86. The van der Waals surface area contributed by atoms with E-state index in [1.807, 2.05) is 13.0 Å². The Bertz CT molecular complexity index is 607. The average Bonchev–Trinajstić information content (AvgIpc) is 2.53. The second-order valence-electron chi connectivity index (χ2n) is 4.72. The van der Waals surface area contributed by atoms with E-state index in [0.717, 1.165) is 0 Å². The van der Waals surface area contributed by atoms with Crippen molar-refractivity contribution in [1.82, 2.24) is 0 Å². The highest BCUT2D eigenvalue weighted by atomic mass is 16.5. The van der Waals surface area contributed by atoms with Crippen molar-refractivity contribution >= 4 is 5.78 Å². The highest BCUT2D eigenvalue weighted by Crippen LogP contribution is 2.31. The third-order valence-electron chi connectivity index (χ3n) is 3.18. The maximum atomic E-state index is 12.3. The zero-order valence-corrected chi connectivity index (χ0v) is 11.8. The van der Waals surface area contributed by atoms with E-state index < -0.39 is 6.10 Å². The summed E-state index contributed by atoms with van der Waals surface area (Å²) in [6.45, 7) is 1.91. The van der Waals surface area contributed by atoms with Crippen LogP contribution in [0.1, 0.15) is 29.3 Å². The molecule has 2 rings (SSSR count). The fourth-order valence-corrected chi connectivity index (χ4v) is 1.87. The molecule has 21 heavy (non-hydrogen) atoms. The summed E-state index contributed by atoms with van der Waals surface area (Å²) >= 11 is 0. The predicted octanol–water partition coefficient (Wildman–Crippen LogP) is 2.77. The van der Waals surface area contributed by atoms with Crippen LogP contribution in [0.4, 0.5) is 0 Å². The number of hydrogen-bond donors (Lipinski definition) is 2. The maximum absolute atomic E-state index is 12.3. The Kier molecular flexibility index (Phi) is 4.95. The largest absolute Gasteiger partial charge is 0.504 e. The van der Waals surface area contributed by atoms with Crippen molar-refractivity contribution in [2.24, 2.45) is 0 Å². The Hall–Kier alpha value is -2.33. The maximum Gasteiger partial charge on any atom is 0.196 e. The molecule has 4 heteroatoms. The minimum absolute atomic E-state index is 0.0764. The van der Waals surface area contributed by atoms with Gasteiger partial charge >= 0.3 is 0 Å². The van der Waals surface area contributed by atoms with Gasteiger partial charge in [-0.1, -0.05) is 43.3 Å². The van der Waals surface area contributed by atoms with Gasteiger partial charge in [0.15, 0.2) is 17.3 Å². The van der Waals surface area contributed by atoms with Gasteiger partial charge in [-0.15, -0.1) is 0 Å². The quantitative estimate of drug-likeness (QED) is 0.801. The average molecular weight is 286 g/mol. The third-order valence-corrected chi connectivity index (χ3v) is 3.18. The third kappa shape index (κ3) is 3.61. The molecule has 2 aromatic rings. The number of phenolic OH excluding ortho intramolecular Hbond substituents is 1. The minimum Gasteiger partial charge on any atom is -0.504 e. The molecule has 0 radical (unpaired) electrons. The van der Waals surface area contributed by atoms with Crippen LogP contribution in [-0.4, -0.2) is 28.7 Å². The molecular weight excluding hydrogens is 268 g/mol. The molecule has 2 N–H and O–H groups in total. The van der Waals surface area contributed by atoms with E-state index in [1.54, 1.807) is 42.5 Å². The fraction of sp³-hybridized carbons (Fsp3) is 0.235. The number of rotatable bonds is 6. The molecule has 0 aliphatic rings. The Labute approximate surface area is 123 Å². The number of phenols is 1. The monoisotopic (exact) mass is 286 g/mol. The molecule has 110 valence electrons. The first-order chi connectivity index (χ1) is 10.1. The second-order valence-corrected chi connectivity index (χ2v) is 4.72. The zero-order chi connectivity index (χ0) is 15.2. The molecule has 0 fully saturated rings. The minimum atomic E-state index is -0.599. The molecule has 0 saturated heterocycles. The lowest BCUT2D eigenvalue weighted by molar-refractivity contribution is 0.101. The van der Waals surface area contributed by atoms with Crippen LogP contribution in [0, 0.1) is 0 Å². The van der Waals surface area contributed by atoms with Gasteiger partial charge in [0.2, 0.25) is 0 Å². The molecule has 0 amide bonds. The summed E-state index contributed by atoms with van der Waals surface area (Å²) in [5.41, 5.74) is 0.684. The number of carbonyl (C=O) groups is 1. The second kappa shape index (κ2) is 6.90. The van der Waals surface area contributed by atoms with Gasteiger partial charge in [0.05, 0.1) is 11.7 Å². The molecule has 0 aliphatic heterocycles. The van der Waals surface area contributed by atoms with Gasteiger partial charge in [0.1, 0.15) is 6.61 Å². The Morgan fingerprint density at radius 3 is 2.52 bits per heavy atom. The number of carbonyl (C=O) groups excluding carboxylic acids is 1. The summed E-state index contributed by atoms with van der Waals surface area (Å²) in [5, 5.41) is 19.7. The number of benzene rings is 2. The lowest BCUT2D eigenvalue weighted by atomic mass is 10.0. The van der Waals surface area contributed by atoms with Crippen molar-refractivity contribution in [3.05, 3.63) is 59.7 Å². The predicted molar refractivity (Wildman–Crippen MR) is 79.8 cm³/mol. The van der Waals surface area contributed by atoms with Crippen LogP contribution in [0.15, 0.2) is 48.5 Å². The molecule has 2 aromatic carbocycles. The van der Waals surface area contributed by atoms with E-state index in [2.05, 4.69) is 0 Å². The summed E-state index contributed by atoms with van der Waals surface area (Å²) < 4.78 is 5.36. The molecule has 0 spiro atoms. The smallest absolute Gasteiger partial charge is 0.196 e. The Morgan fingerprint density at radius 1 is 1.14 bits per heavy atom. The summed E-state index contributed by atoms with van der Waals surface area (Å²) in [4.78, 5) is 12.3. The summed E-state index contributed by atoms with van der Waals surface area (Å²) in [6, 6.07) is 13.5. The van der Waals surface area contributed by atoms with Crippen molar-refractivity contribution in [3.63, 3.8) is 0 Å². The van der Waals surface area contributed by atoms with E-state index in [4.69, 9.17) is 4.74 Å². The van der Waals surface area contributed by atoms with Gasteiger partial charge in [-0.05, 0) is 18.6 Å². The Balaban J connectivity index is 2.23. The first kappa shape index (κ1) is 15.1. The highest BCUT2D eigenvalue weighted by molar-refractivity contribution is 6.11. The van der Waals surface area contributed by atoms with Crippen molar-refractivity contribution in [1.29, 1.82) is 0 Å². The molecule has 0 aliphatic carbocycles. The van der Waals surface area contributed by atoms with E-state index in [0.29, 0.717) is 12.0 Å². The number of hydrogen-bond acceptors (Lipinski definition) is 4. The molecule has 1 unspecified atom stereocenters. The van der Waals surface area contributed by atoms with Gasteiger partial charge in [0.25, 0.3) is 0 Å². The van der Waals surface area contributed by atoms with Crippen LogP contribution in [-0.2, 0) is 0 Å². The van der Waals surface area contributed by atoms with Crippen molar-refractivity contribution in [3.8, 4) is 11.5 Å². The number of ketones is 1. The van der Waals surface area contributed by atoms with Crippen LogP contribution >= 0.6 is 0 Å². The van der Waals surface area contributed by atoms with E-state index in [1.165, 1.54) is 0 Å². The number of para-hydroxylation sites is 1. The van der Waals surface area contributed by atoms with Gasteiger partial charge in [-0.25, -0.2) is 0 Å². The van der Waals surface area contributed by atoms with Crippen molar-refractivity contribution in [2.75, 3.05) is 6.61 Å². The molecule has 0 saturated carbocycles. The van der Waals surface area contributed by atoms with E-state index in [9.17, 15) is 15.0 Å². The fourth-order valence-electron chi connectivity index (χ4n) is 1.87. The number of aliphatic hydroxyl groups excluding tert-OH is 1. The molecule has 0 bridgehead atoms. The van der Waals surface area contributed by atoms with Crippen LogP contribution in [0.25, 0.3) is 0 Å². The zero-order valence-electron chi connectivity index (χ0n) is 11.8. The normalized spacial score (nSPS) is 11.9. The number of aromatic hydroxyl groups is 1. The summed E-state index contributed by atoms with van der Waals surface area (Å²) in [5.74, 6) is -0.270. The molecular formula is C17H18O4. The lowest BCUT2D eigenvalue weighted by Gasteiger charge is -2.13. The SMILES string of the molecule is CCC(O)COc1cccc(C(=O)c2ccccc2)c1O. The van der Waals surface area contributed by atoms with Gasteiger partial charge in [0, 0.05) is 5.56 Å². The standard InChI is InChI=1S/C17H18O4/c1-2-13(18)11-21-15-10-6-9-14(17(15)20)16(19)12-7-4-3-5-8-12/h3-10,13,18,20H,2,11H2,1H3. The molecule has 0 aromatic heterocycles. The molecule has 0 heterocycles. The lowest BCUT2D eigenvalue weighted by Crippen LogP contribution is -2.16. The van der Waals surface area contributed by atoms with Gasteiger partial charge in [-0.2, -0.15) is 0 Å². The summed E-state index contributed by atoms with van der Waals surface area (Å²) in [6.07, 6.45) is -0.0403. The van der Waals surface area contributed by atoms with Crippen molar-refractivity contribution < 1.29 is 19.7 Å². The number of aliphatic hydroxyl groups is 1. The topological polar surface area (TPSA) is 66.8 Å². The number of ether oxygens (including phenoxy) is 1. The Morgan fingerprint density at radius 2 is 1.86 bits per heavy atom. The first-order valence-corrected chi connectivity index (χ1v) is 6.86. The van der Waals surface area contributed by atoms with Crippen molar-refractivity contribution in [2.45, 2.75) is 19.4 Å². The van der Waals surface area contributed by atoms with Crippen LogP contribution < -0.4 is 4.74 Å². The molecule has 1 atom stereocenters. The summed E-state index contributed by atoms with van der Waals surface area (Å²) in [7, 11) is 0. The van der Waals surface area contributed by atoms with Gasteiger partial charge < -0.3 is 14.9 Å². The molecule has 4 nitrogen and oxygen atoms in total. The van der Waals surface area contributed by atoms with Crippen LogP contribution in [0.3, 0.4) is 0 Å². The van der Waals surface area contributed by atoms with E-state index in [-0.39, 0.29) is 29.5 Å². The van der Waals surface area contributed by atoms with E-state index >= 15 is 0 Å². The van der Waals surface area contributed by atoms with Gasteiger partial charge in [-0.3, -0.25) is 4.79 Å². The van der Waals surface area contributed by atoms with Crippen LogP contribution in [0.5, 0.6) is 11.5 Å². The van der Waals surface area contributed by atoms with Crippen LogP contribution in [0.2, 0.25) is 0 Å². The highest BCUT2D eigenvalue weighted by Gasteiger charge is 2.17.